The molecule has 0 bridgehead atoms. The molecule has 0 aliphatic carbocycles. The molecule has 1 N–H and O–H groups in total. The number of nitrogens with one attached hydrogen (secondary N) is 1. The van der Waals surface area contributed by atoms with E-state index in [-0.39, 0.29) is 5.56 Å². The number of thioether (sulfide) groups is 1. The number of aromatic amines is 1. The van der Waals surface area contributed by atoms with Crippen molar-refractivity contribution < 1.29 is 0 Å². The third kappa shape index (κ3) is 1.77. The van der Waals surface area contributed by atoms with Crippen LogP contribution in [0.5, 0.6) is 0 Å². The van der Waals surface area contributed by atoms with Crippen LogP contribution in [0.25, 0.3) is 32.8 Å². The van der Waals surface area contributed by atoms with Crippen molar-refractivity contribution in [3.8, 4) is 0 Å². The van der Waals surface area contributed by atoms with Crippen molar-refractivity contribution in [3.63, 3.8) is 0 Å². The average molecular weight is 331 g/mol. The lowest BCUT2D eigenvalue weighted by atomic mass is 10.1. The summed E-state index contributed by atoms with van der Waals surface area (Å²) in [5.41, 5.74) is 2.17. The highest BCUT2D eigenvalue weighted by Crippen LogP contribution is 2.32. The molecule has 22 heavy (non-hydrogen) atoms. The van der Waals surface area contributed by atoms with E-state index in [1.165, 1.54) is 11.8 Å². The van der Waals surface area contributed by atoms with E-state index < -0.39 is 0 Å². The molecule has 0 unspecified atom stereocenters. The number of hydrogen-bond donors (Lipinski definition) is 1. The number of rotatable bonds is 1. The second-order valence-corrected chi connectivity index (χ2v) is 6.23. The van der Waals surface area contributed by atoms with Crippen molar-refractivity contribution in [1.29, 1.82) is 0 Å². The van der Waals surface area contributed by atoms with Gasteiger partial charge in [0.05, 0.1) is 21.8 Å². The first-order valence-electron chi connectivity index (χ1n) is 6.61. The number of H-pyrrole nitrogens is 1. The van der Waals surface area contributed by atoms with Crippen LogP contribution in [-0.2, 0) is 7.05 Å². The Morgan fingerprint density at radius 2 is 2.14 bits per heavy atom. The van der Waals surface area contributed by atoms with Gasteiger partial charge in [0, 0.05) is 23.7 Å². The van der Waals surface area contributed by atoms with Crippen LogP contribution in [0.3, 0.4) is 0 Å². The number of halogens is 1. The van der Waals surface area contributed by atoms with Gasteiger partial charge in [-0.3, -0.25) is 4.79 Å². The first kappa shape index (κ1) is 13.6. The van der Waals surface area contributed by atoms with E-state index in [1.807, 2.05) is 36.1 Å². The van der Waals surface area contributed by atoms with Crippen LogP contribution >= 0.6 is 23.4 Å². The van der Waals surface area contributed by atoms with Crippen LogP contribution in [-0.4, -0.2) is 25.8 Å². The molecule has 0 atom stereocenters. The summed E-state index contributed by atoms with van der Waals surface area (Å²) in [5, 5.41) is 3.72. The zero-order chi connectivity index (χ0) is 15.4. The summed E-state index contributed by atoms with van der Waals surface area (Å²) in [5.74, 6) is 0. The molecule has 3 heterocycles. The fourth-order valence-electron chi connectivity index (χ4n) is 2.79. The molecule has 0 saturated heterocycles. The Labute approximate surface area is 134 Å². The van der Waals surface area contributed by atoms with Gasteiger partial charge in [-0.05, 0) is 18.4 Å². The summed E-state index contributed by atoms with van der Waals surface area (Å²) in [6.07, 6.45) is 3.50. The molecule has 0 radical (unpaired) electrons. The zero-order valence-electron chi connectivity index (χ0n) is 11.8. The van der Waals surface area contributed by atoms with Crippen molar-refractivity contribution >= 4 is 56.2 Å². The van der Waals surface area contributed by atoms with Crippen molar-refractivity contribution in [2.45, 2.75) is 5.16 Å². The highest BCUT2D eigenvalue weighted by atomic mass is 35.5. The lowest BCUT2D eigenvalue weighted by Crippen LogP contribution is -2.09. The molecule has 0 aliphatic rings. The van der Waals surface area contributed by atoms with Gasteiger partial charge in [-0.25, -0.2) is 9.97 Å². The van der Waals surface area contributed by atoms with Crippen LogP contribution in [0, 0.1) is 0 Å². The fraction of sp³-hybridized carbons (Fsp3) is 0.133. The monoisotopic (exact) mass is 330 g/mol. The molecule has 3 aromatic heterocycles. The highest BCUT2D eigenvalue weighted by molar-refractivity contribution is 7.98. The lowest BCUT2D eigenvalue weighted by Gasteiger charge is -2.02. The molecule has 0 amide bonds. The van der Waals surface area contributed by atoms with Crippen LogP contribution < -0.4 is 5.56 Å². The molecule has 110 valence electrons. The molecule has 0 spiro atoms. The molecular formula is C15H11ClN4OS. The number of fused-ring (bicyclic) bond motifs is 5. The predicted molar refractivity (Wildman–Crippen MR) is 90.9 cm³/mol. The van der Waals surface area contributed by atoms with Gasteiger partial charge in [-0.1, -0.05) is 29.4 Å². The van der Waals surface area contributed by atoms with Crippen molar-refractivity contribution in [1.82, 2.24) is 19.5 Å². The van der Waals surface area contributed by atoms with Gasteiger partial charge in [0.2, 0.25) is 0 Å². The van der Waals surface area contributed by atoms with E-state index in [2.05, 4.69) is 15.0 Å². The van der Waals surface area contributed by atoms with Crippen LogP contribution in [0.2, 0.25) is 5.02 Å². The van der Waals surface area contributed by atoms with E-state index in [9.17, 15) is 4.79 Å². The number of aromatic nitrogens is 4. The molecule has 1 aromatic carbocycles. The number of pyridine rings is 1. The summed E-state index contributed by atoms with van der Waals surface area (Å²) < 4.78 is 1.93. The third-order valence-corrected chi connectivity index (χ3v) is 4.62. The second-order valence-electron chi connectivity index (χ2n) is 5.02. The van der Waals surface area contributed by atoms with Crippen LogP contribution in [0.4, 0.5) is 0 Å². The van der Waals surface area contributed by atoms with E-state index in [0.29, 0.717) is 21.1 Å². The normalized spacial score (nSPS) is 11.8. The molecule has 0 fully saturated rings. The van der Waals surface area contributed by atoms with E-state index in [0.717, 1.165) is 21.9 Å². The summed E-state index contributed by atoms with van der Waals surface area (Å²) in [6, 6.07) is 5.69. The summed E-state index contributed by atoms with van der Waals surface area (Å²) in [7, 11) is 1.90. The minimum atomic E-state index is -0.188. The number of benzene rings is 1. The number of hydrogen-bond acceptors (Lipinski definition) is 4. The summed E-state index contributed by atoms with van der Waals surface area (Å²) >= 11 is 7.55. The average Bonchev–Trinajstić information content (AvgIpc) is 2.80. The maximum absolute atomic E-state index is 12.3. The summed E-state index contributed by atoms with van der Waals surface area (Å²) in [6.45, 7) is 0. The Hall–Kier alpha value is -2.05. The Kier molecular flexibility index (Phi) is 2.92. The highest BCUT2D eigenvalue weighted by Gasteiger charge is 2.16. The number of aryl methyl sites for hydroxylation is 1. The zero-order valence-corrected chi connectivity index (χ0v) is 13.4. The Morgan fingerprint density at radius 1 is 1.32 bits per heavy atom. The van der Waals surface area contributed by atoms with E-state index >= 15 is 0 Å². The largest absolute Gasteiger partial charge is 0.330 e. The lowest BCUT2D eigenvalue weighted by molar-refractivity contribution is 0.978. The van der Waals surface area contributed by atoms with Gasteiger partial charge in [0.15, 0.2) is 5.16 Å². The molecule has 7 heteroatoms. The molecule has 0 saturated carbocycles. The van der Waals surface area contributed by atoms with Crippen LogP contribution in [0.1, 0.15) is 0 Å². The van der Waals surface area contributed by atoms with Gasteiger partial charge in [-0.2, -0.15) is 0 Å². The quantitative estimate of drug-likeness (QED) is 0.429. The Bertz CT molecular complexity index is 1120. The van der Waals surface area contributed by atoms with Crippen molar-refractivity contribution in [2.75, 3.05) is 6.26 Å². The van der Waals surface area contributed by atoms with Gasteiger partial charge in [0.25, 0.3) is 5.56 Å². The fourth-order valence-corrected chi connectivity index (χ4v) is 3.30. The maximum Gasteiger partial charge on any atom is 0.260 e. The predicted octanol–water partition coefficient (Wildman–Crippen LogP) is 3.34. The first-order valence-corrected chi connectivity index (χ1v) is 8.21. The Balaban J connectivity index is 2.34. The SMILES string of the molecule is CSc1ncc2c(=O)[nH]c3c(c4ccc(Cl)cc4n3C)c2n1. The molecule has 4 aromatic rings. The second kappa shape index (κ2) is 4.72. The smallest absolute Gasteiger partial charge is 0.260 e. The number of nitrogens with zero attached hydrogens (tertiary/aromatic N) is 3. The van der Waals surface area contributed by atoms with E-state index in [1.54, 1.807) is 6.20 Å². The van der Waals surface area contributed by atoms with Gasteiger partial charge in [-0.15, -0.1) is 0 Å². The molecule has 5 nitrogen and oxygen atoms in total. The standard InChI is InChI=1S/C15H11ClN4OS/c1-20-10-5-7(16)3-4-8(10)11-12-9(14(21)19-13(11)20)6-17-15(18-12)22-2/h3-6H,1-2H3,(H,19,21). The van der Waals surface area contributed by atoms with Gasteiger partial charge >= 0.3 is 0 Å². The minimum Gasteiger partial charge on any atom is -0.330 e. The Morgan fingerprint density at radius 3 is 2.91 bits per heavy atom. The van der Waals surface area contributed by atoms with Gasteiger partial charge < -0.3 is 9.55 Å². The topological polar surface area (TPSA) is 63.6 Å². The van der Waals surface area contributed by atoms with Crippen molar-refractivity contribution in [2.24, 2.45) is 7.05 Å². The summed E-state index contributed by atoms with van der Waals surface area (Å²) in [4.78, 5) is 24.0. The van der Waals surface area contributed by atoms with Crippen molar-refractivity contribution in [3.05, 3.63) is 39.8 Å². The first-order chi connectivity index (χ1) is 10.6. The minimum absolute atomic E-state index is 0.188. The maximum atomic E-state index is 12.3. The molecular weight excluding hydrogens is 320 g/mol. The van der Waals surface area contributed by atoms with Crippen LogP contribution in [0.15, 0.2) is 34.3 Å². The van der Waals surface area contributed by atoms with Gasteiger partial charge in [0.1, 0.15) is 5.65 Å². The molecule has 4 rings (SSSR count). The molecule has 0 aliphatic heterocycles. The third-order valence-electron chi connectivity index (χ3n) is 3.83. The van der Waals surface area contributed by atoms with E-state index in [4.69, 9.17) is 11.6 Å².